The van der Waals surface area contributed by atoms with Crippen LogP contribution in [0.2, 0.25) is 0 Å². The highest BCUT2D eigenvalue weighted by Crippen LogP contribution is 2.57. The number of rotatable bonds is 5. The fourth-order valence-corrected chi connectivity index (χ4v) is 7.63. The molecule has 2 aromatic carbocycles. The number of aromatic hydroxyl groups is 1. The van der Waals surface area contributed by atoms with Crippen LogP contribution in [-0.2, 0) is 19.2 Å². The van der Waals surface area contributed by atoms with E-state index in [0.717, 1.165) is 17.0 Å². The number of hydrogen-bond donors (Lipinski definition) is 1. The molecule has 230 valence electrons. The number of amides is 2. The maximum absolute atomic E-state index is 14.2. The Morgan fingerprint density at radius 3 is 2.24 bits per heavy atom. The topological polar surface area (TPSA) is 181 Å². The molecule has 0 radical (unpaired) electrons. The molecule has 4 aliphatic rings. The third kappa shape index (κ3) is 4.42. The van der Waals surface area contributed by atoms with Crippen molar-refractivity contribution in [3.05, 3.63) is 95.0 Å². The molecule has 13 nitrogen and oxygen atoms in total. The van der Waals surface area contributed by atoms with Gasteiger partial charge in [0.1, 0.15) is 5.75 Å². The van der Waals surface area contributed by atoms with E-state index in [1.807, 2.05) is 0 Å². The highest BCUT2D eigenvalue weighted by atomic mass is 79.9. The molecule has 1 heterocycles. The first-order chi connectivity index (χ1) is 21.2. The number of ketones is 2. The number of para-hydroxylation sites is 1. The lowest BCUT2D eigenvalue weighted by Gasteiger charge is -2.42. The molecule has 1 fully saturated rings. The van der Waals surface area contributed by atoms with Crippen LogP contribution in [0.5, 0.6) is 5.75 Å². The number of nitro groups is 2. The van der Waals surface area contributed by atoms with Crippen LogP contribution in [0.1, 0.15) is 29.9 Å². The van der Waals surface area contributed by atoms with E-state index in [9.17, 15) is 44.5 Å². The Bertz CT molecular complexity index is 1860. The molecule has 4 atom stereocenters. The lowest BCUT2D eigenvalue weighted by atomic mass is 9.59. The molecule has 3 aliphatic carbocycles. The summed E-state index contributed by atoms with van der Waals surface area (Å²) in [6, 6.07) is 7.01. The average molecular weight is 677 g/mol. The van der Waals surface area contributed by atoms with E-state index in [1.54, 1.807) is 31.2 Å². The summed E-state index contributed by atoms with van der Waals surface area (Å²) < 4.78 is 0.0503. The van der Waals surface area contributed by atoms with Crippen LogP contribution < -0.4 is 9.80 Å². The number of allylic oxidation sites excluding steroid dienone is 6. The van der Waals surface area contributed by atoms with Crippen molar-refractivity contribution in [1.29, 1.82) is 0 Å². The lowest BCUT2D eigenvalue weighted by molar-refractivity contribution is -0.392. The number of hydrogen-bond acceptors (Lipinski definition) is 10. The third-order valence-corrected chi connectivity index (χ3v) is 9.65. The standard InChI is InChI=1S/C31H25BrN4O9/c1-13-5-4-6-16(28(13)38)24-15-7-8-17-25(18(15)11-19-26(24)23(37)12-20(32)29(19)39)31(41)34(30(17)40)14-9-21(35(42)43)27(33(2)3)22(10-14)36(44)45/h4-7,9-10,12,17-18,24-25,38H,8,11H2,1-3H3. The number of fused-ring (bicyclic) bond motifs is 3. The van der Waals surface area contributed by atoms with Crippen LogP contribution in [0, 0.1) is 44.9 Å². The second-order valence-corrected chi connectivity index (χ2v) is 12.5. The van der Waals surface area contributed by atoms with Gasteiger partial charge in [-0.3, -0.25) is 39.4 Å². The largest absolute Gasteiger partial charge is 0.507 e. The number of Topliss-reactive ketones (excluding diaryl/α,β-unsaturated/α-hetero) is 1. The Hall–Kier alpha value is -4.98. The number of aryl methyl sites for hydroxylation is 1. The zero-order valence-corrected chi connectivity index (χ0v) is 25.7. The van der Waals surface area contributed by atoms with Crippen molar-refractivity contribution in [3.8, 4) is 5.75 Å². The fourth-order valence-electron chi connectivity index (χ4n) is 7.19. The first-order valence-electron chi connectivity index (χ1n) is 13.9. The number of benzene rings is 2. The second-order valence-electron chi connectivity index (χ2n) is 11.7. The highest BCUT2D eigenvalue weighted by Gasteiger charge is 2.57. The molecule has 14 heteroatoms. The number of carbonyl (C=O) groups is 4. The number of phenols is 1. The molecule has 0 saturated carbocycles. The summed E-state index contributed by atoms with van der Waals surface area (Å²) in [6.07, 6.45) is 3.00. The van der Waals surface area contributed by atoms with Gasteiger partial charge in [0.05, 0.1) is 31.9 Å². The van der Waals surface area contributed by atoms with Crippen LogP contribution in [0.4, 0.5) is 22.7 Å². The van der Waals surface area contributed by atoms with Gasteiger partial charge >= 0.3 is 11.4 Å². The molecular weight excluding hydrogens is 652 g/mol. The van der Waals surface area contributed by atoms with Gasteiger partial charge < -0.3 is 10.0 Å². The summed E-state index contributed by atoms with van der Waals surface area (Å²) in [7, 11) is 2.81. The summed E-state index contributed by atoms with van der Waals surface area (Å²) >= 11 is 3.17. The third-order valence-electron chi connectivity index (χ3n) is 9.06. The van der Waals surface area contributed by atoms with E-state index in [2.05, 4.69) is 15.9 Å². The molecule has 1 aliphatic heterocycles. The molecule has 4 unspecified atom stereocenters. The van der Waals surface area contributed by atoms with Gasteiger partial charge in [0, 0.05) is 54.9 Å². The minimum Gasteiger partial charge on any atom is -0.507 e. The Balaban J connectivity index is 1.50. The molecule has 6 rings (SSSR count). The number of halogens is 1. The number of phenolic OH excluding ortho intramolecular Hbond substituents is 1. The van der Waals surface area contributed by atoms with E-state index >= 15 is 0 Å². The van der Waals surface area contributed by atoms with Gasteiger partial charge in [-0.05, 0) is 47.2 Å². The van der Waals surface area contributed by atoms with Crippen LogP contribution in [-0.4, -0.2) is 52.4 Å². The van der Waals surface area contributed by atoms with Crippen LogP contribution in [0.3, 0.4) is 0 Å². The van der Waals surface area contributed by atoms with E-state index < -0.39 is 68.3 Å². The second kappa shape index (κ2) is 10.6. The first kappa shape index (κ1) is 30.1. The van der Waals surface area contributed by atoms with Crippen LogP contribution in [0.25, 0.3) is 0 Å². The zero-order chi connectivity index (χ0) is 32.6. The number of carbonyl (C=O) groups excluding carboxylic acids is 4. The molecule has 1 saturated heterocycles. The summed E-state index contributed by atoms with van der Waals surface area (Å²) in [5, 5.41) is 35.0. The van der Waals surface area contributed by atoms with Crippen molar-refractivity contribution in [2.45, 2.75) is 25.7 Å². The minimum absolute atomic E-state index is 0.0361. The van der Waals surface area contributed by atoms with Gasteiger partial charge in [-0.2, -0.15) is 0 Å². The number of imide groups is 1. The van der Waals surface area contributed by atoms with E-state index in [4.69, 9.17) is 0 Å². The van der Waals surface area contributed by atoms with Crippen LogP contribution in [0.15, 0.2) is 63.7 Å². The summed E-state index contributed by atoms with van der Waals surface area (Å²) in [6.45, 7) is 1.70. The van der Waals surface area contributed by atoms with Crippen molar-refractivity contribution in [1.82, 2.24) is 0 Å². The van der Waals surface area contributed by atoms with Crippen molar-refractivity contribution in [2.24, 2.45) is 17.8 Å². The first-order valence-corrected chi connectivity index (χ1v) is 14.7. The van der Waals surface area contributed by atoms with Crippen molar-refractivity contribution in [3.63, 3.8) is 0 Å². The molecule has 0 bridgehead atoms. The molecule has 0 aromatic heterocycles. The van der Waals surface area contributed by atoms with Crippen molar-refractivity contribution >= 4 is 62.1 Å². The lowest BCUT2D eigenvalue weighted by Crippen LogP contribution is -2.39. The molecule has 45 heavy (non-hydrogen) atoms. The zero-order valence-electron chi connectivity index (χ0n) is 24.1. The van der Waals surface area contributed by atoms with Crippen molar-refractivity contribution in [2.75, 3.05) is 23.9 Å². The molecule has 0 spiro atoms. The SMILES string of the molecule is Cc1cccc(C2C3=CCC4C(=O)N(c5cc([N+](=O)[O-])c(N(C)C)c([N+](=O)[O-])c5)C(=O)C4C3CC3=C2C(=O)C=C(Br)C3=O)c1O. The quantitative estimate of drug-likeness (QED) is 0.155. The van der Waals surface area contributed by atoms with E-state index in [1.165, 1.54) is 25.1 Å². The normalized spacial score (nSPS) is 24.1. The summed E-state index contributed by atoms with van der Waals surface area (Å²) in [5.74, 6) is -5.88. The Morgan fingerprint density at radius 2 is 1.64 bits per heavy atom. The Morgan fingerprint density at radius 1 is 1.00 bits per heavy atom. The van der Waals surface area contributed by atoms with E-state index in [-0.39, 0.29) is 45.6 Å². The molecular formula is C31H25BrN4O9. The highest BCUT2D eigenvalue weighted by molar-refractivity contribution is 9.12. The van der Waals surface area contributed by atoms with Crippen LogP contribution >= 0.6 is 15.9 Å². The number of nitro benzene ring substituents is 2. The molecule has 2 amide bonds. The molecule has 1 N–H and O–H groups in total. The van der Waals surface area contributed by atoms with Gasteiger partial charge in [0.25, 0.3) is 0 Å². The summed E-state index contributed by atoms with van der Waals surface area (Å²) in [4.78, 5) is 79.2. The monoisotopic (exact) mass is 676 g/mol. The predicted octanol–water partition coefficient (Wildman–Crippen LogP) is 4.55. The van der Waals surface area contributed by atoms with Gasteiger partial charge in [0.2, 0.25) is 11.8 Å². The summed E-state index contributed by atoms with van der Waals surface area (Å²) in [5.41, 5.74) is -0.000534. The Kier molecular flexibility index (Phi) is 7.07. The van der Waals surface area contributed by atoms with Gasteiger partial charge in [0.15, 0.2) is 17.3 Å². The fraction of sp³-hybridized carbons (Fsp3) is 0.290. The minimum atomic E-state index is -1.03. The van der Waals surface area contributed by atoms with E-state index in [0.29, 0.717) is 16.7 Å². The van der Waals surface area contributed by atoms with Gasteiger partial charge in [-0.1, -0.05) is 29.8 Å². The average Bonchev–Trinajstić information content (AvgIpc) is 3.24. The maximum atomic E-state index is 14.2. The predicted molar refractivity (Wildman–Crippen MR) is 164 cm³/mol. The number of nitrogens with zero attached hydrogens (tertiary/aromatic N) is 4. The number of anilines is 2. The van der Waals surface area contributed by atoms with Gasteiger partial charge in [-0.15, -0.1) is 0 Å². The molecule has 2 aromatic rings. The smallest absolute Gasteiger partial charge is 0.301 e. The van der Waals surface area contributed by atoms with Crippen molar-refractivity contribution < 1.29 is 34.1 Å². The maximum Gasteiger partial charge on any atom is 0.301 e. The Labute approximate surface area is 263 Å². The van der Waals surface area contributed by atoms with Gasteiger partial charge in [-0.25, -0.2) is 4.90 Å².